The quantitative estimate of drug-likeness (QED) is 0.787. The Morgan fingerprint density at radius 2 is 2.00 bits per heavy atom. The first kappa shape index (κ1) is 15.1. The summed E-state index contributed by atoms with van der Waals surface area (Å²) in [7, 11) is 1.29. The van der Waals surface area contributed by atoms with E-state index in [1.165, 1.54) is 13.5 Å². The van der Waals surface area contributed by atoms with Gasteiger partial charge in [0.05, 0.1) is 12.6 Å². The van der Waals surface area contributed by atoms with E-state index in [4.69, 9.17) is 16.3 Å². The van der Waals surface area contributed by atoms with Crippen molar-refractivity contribution in [2.75, 3.05) is 7.11 Å². The topological polar surface area (TPSA) is 48.3 Å². The summed E-state index contributed by atoms with van der Waals surface area (Å²) in [4.78, 5) is 24.4. The maximum atomic E-state index is 12.5. The van der Waals surface area contributed by atoms with Gasteiger partial charge in [-0.3, -0.25) is 4.79 Å². The molecule has 0 atom stereocenters. The number of pyridine rings is 1. The first-order valence-corrected chi connectivity index (χ1v) is 7.92. The van der Waals surface area contributed by atoms with Crippen molar-refractivity contribution in [2.24, 2.45) is 0 Å². The molecular formula is C17H18ClNO3. The lowest BCUT2D eigenvalue weighted by Gasteiger charge is -2.26. The number of nitrogens with zero attached hydrogens (tertiary/aromatic N) is 1. The molecule has 2 aromatic rings. The van der Waals surface area contributed by atoms with Crippen molar-refractivity contribution >= 4 is 28.5 Å². The van der Waals surface area contributed by atoms with Crippen LogP contribution in [0.2, 0.25) is 5.02 Å². The van der Waals surface area contributed by atoms with E-state index in [2.05, 4.69) is 0 Å². The number of ether oxygens (including phenoxy) is 1. The minimum Gasteiger partial charge on any atom is -0.465 e. The van der Waals surface area contributed by atoms with Gasteiger partial charge in [0.15, 0.2) is 0 Å². The zero-order chi connectivity index (χ0) is 15.7. The predicted octanol–water partition coefficient (Wildman–Crippen LogP) is 3.95. The molecule has 0 radical (unpaired) electrons. The number of halogens is 1. The Hall–Kier alpha value is -1.81. The first-order valence-electron chi connectivity index (χ1n) is 7.54. The van der Waals surface area contributed by atoms with Crippen LogP contribution in [0, 0.1) is 0 Å². The minimum absolute atomic E-state index is 0.0860. The normalized spacial score (nSPS) is 15.9. The zero-order valence-electron chi connectivity index (χ0n) is 12.5. The summed E-state index contributed by atoms with van der Waals surface area (Å²) >= 11 is 6.10. The van der Waals surface area contributed by atoms with E-state index in [1.807, 2.05) is 4.57 Å². The number of benzene rings is 1. The van der Waals surface area contributed by atoms with Gasteiger partial charge in [-0.05, 0) is 31.0 Å². The molecule has 5 heteroatoms. The molecule has 1 aliphatic carbocycles. The van der Waals surface area contributed by atoms with Crippen LogP contribution in [0.3, 0.4) is 0 Å². The lowest BCUT2D eigenvalue weighted by atomic mass is 9.94. The predicted molar refractivity (Wildman–Crippen MR) is 86.7 cm³/mol. The molecule has 0 amide bonds. The molecule has 4 nitrogen and oxygen atoms in total. The molecule has 0 unspecified atom stereocenters. The Morgan fingerprint density at radius 3 is 2.68 bits per heavy atom. The van der Waals surface area contributed by atoms with Crippen molar-refractivity contribution in [2.45, 2.75) is 38.1 Å². The first-order chi connectivity index (χ1) is 10.6. The Bertz CT molecular complexity index is 775. The fraction of sp³-hybridized carbons (Fsp3) is 0.412. The van der Waals surface area contributed by atoms with E-state index in [0.717, 1.165) is 31.2 Å². The summed E-state index contributed by atoms with van der Waals surface area (Å²) in [5, 5.41) is 1.10. The number of carbonyl (C=O) groups excluding carboxylic acids is 1. The van der Waals surface area contributed by atoms with E-state index in [0.29, 0.717) is 16.5 Å². The van der Waals surface area contributed by atoms with E-state index in [9.17, 15) is 9.59 Å². The summed E-state index contributed by atoms with van der Waals surface area (Å²) in [5.74, 6) is -0.591. The van der Waals surface area contributed by atoms with Crippen LogP contribution in [0.5, 0.6) is 0 Å². The number of hydrogen-bond acceptors (Lipinski definition) is 3. The van der Waals surface area contributed by atoms with E-state index in [-0.39, 0.29) is 11.0 Å². The number of fused-ring (bicyclic) bond motifs is 1. The summed E-state index contributed by atoms with van der Waals surface area (Å²) in [6, 6.07) is 5.45. The van der Waals surface area contributed by atoms with E-state index in [1.54, 1.807) is 24.4 Å². The van der Waals surface area contributed by atoms with Crippen molar-refractivity contribution < 1.29 is 9.53 Å². The zero-order valence-corrected chi connectivity index (χ0v) is 13.2. The van der Waals surface area contributed by atoms with Crippen LogP contribution >= 0.6 is 11.6 Å². The highest BCUT2D eigenvalue weighted by molar-refractivity contribution is 6.31. The van der Waals surface area contributed by atoms with Crippen molar-refractivity contribution in [3.8, 4) is 0 Å². The van der Waals surface area contributed by atoms with Gasteiger partial charge >= 0.3 is 5.97 Å². The molecule has 116 valence electrons. The number of rotatable bonds is 2. The minimum atomic E-state index is -0.591. The van der Waals surface area contributed by atoms with Crippen molar-refractivity contribution in [1.29, 1.82) is 0 Å². The van der Waals surface area contributed by atoms with Gasteiger partial charge in [-0.2, -0.15) is 0 Å². The molecule has 1 saturated carbocycles. The van der Waals surface area contributed by atoms with E-state index >= 15 is 0 Å². The Morgan fingerprint density at radius 1 is 1.27 bits per heavy atom. The highest BCUT2D eigenvalue weighted by atomic mass is 35.5. The maximum Gasteiger partial charge on any atom is 0.343 e. The number of aromatic nitrogens is 1. The molecule has 0 aliphatic heterocycles. The number of hydrogen-bond donors (Lipinski definition) is 0. The SMILES string of the molecule is COC(=O)c1cn(C2CCCCC2)c2cc(Cl)ccc2c1=O. The monoisotopic (exact) mass is 319 g/mol. The third-order valence-corrected chi connectivity index (χ3v) is 4.60. The molecule has 1 fully saturated rings. The van der Waals surface area contributed by atoms with Gasteiger partial charge in [0.2, 0.25) is 5.43 Å². The summed E-state index contributed by atoms with van der Waals surface area (Å²) < 4.78 is 6.79. The molecule has 3 rings (SSSR count). The van der Waals surface area contributed by atoms with E-state index < -0.39 is 5.97 Å². The van der Waals surface area contributed by atoms with Gasteiger partial charge in [-0.15, -0.1) is 0 Å². The van der Waals surface area contributed by atoms with Gasteiger partial charge in [-0.1, -0.05) is 30.9 Å². The maximum absolute atomic E-state index is 12.5. The Balaban J connectivity index is 2.27. The molecule has 0 N–H and O–H groups in total. The van der Waals surface area contributed by atoms with Crippen LogP contribution in [0.15, 0.2) is 29.2 Å². The third kappa shape index (κ3) is 2.63. The third-order valence-electron chi connectivity index (χ3n) is 4.37. The molecule has 1 heterocycles. The van der Waals surface area contributed by atoms with Crippen LogP contribution in [-0.2, 0) is 4.74 Å². The number of methoxy groups -OCH3 is 1. The molecule has 0 saturated heterocycles. The molecule has 0 bridgehead atoms. The van der Waals surface area contributed by atoms with Crippen LogP contribution in [0.25, 0.3) is 10.9 Å². The van der Waals surface area contributed by atoms with Crippen LogP contribution in [0.1, 0.15) is 48.5 Å². The fourth-order valence-electron chi connectivity index (χ4n) is 3.24. The van der Waals surface area contributed by atoms with Crippen molar-refractivity contribution in [3.05, 3.63) is 45.2 Å². The number of carbonyl (C=O) groups is 1. The van der Waals surface area contributed by atoms with Gasteiger partial charge in [0, 0.05) is 22.6 Å². The molecule has 0 spiro atoms. The van der Waals surface area contributed by atoms with Crippen LogP contribution < -0.4 is 5.43 Å². The fourth-order valence-corrected chi connectivity index (χ4v) is 3.41. The Kier molecular flexibility index (Phi) is 4.21. The van der Waals surface area contributed by atoms with Crippen molar-refractivity contribution in [1.82, 2.24) is 4.57 Å². The van der Waals surface area contributed by atoms with Gasteiger partial charge in [0.25, 0.3) is 0 Å². The van der Waals surface area contributed by atoms with Gasteiger partial charge in [-0.25, -0.2) is 4.79 Å². The summed E-state index contributed by atoms with van der Waals surface area (Å²) in [6.45, 7) is 0. The average molecular weight is 320 g/mol. The molecule has 22 heavy (non-hydrogen) atoms. The smallest absolute Gasteiger partial charge is 0.343 e. The lowest BCUT2D eigenvalue weighted by molar-refractivity contribution is 0.0598. The largest absolute Gasteiger partial charge is 0.465 e. The Labute approximate surface area is 133 Å². The van der Waals surface area contributed by atoms with Gasteiger partial charge in [0.1, 0.15) is 5.56 Å². The summed E-state index contributed by atoms with van der Waals surface area (Å²) in [6.07, 6.45) is 7.29. The lowest BCUT2D eigenvalue weighted by Crippen LogP contribution is -2.23. The molecule has 1 aromatic carbocycles. The standard InChI is InChI=1S/C17H18ClNO3/c1-22-17(21)14-10-19(12-5-3-2-4-6-12)15-9-11(18)7-8-13(15)16(14)20/h7-10,12H,2-6H2,1H3. The second-order valence-electron chi connectivity index (χ2n) is 5.72. The van der Waals surface area contributed by atoms with Gasteiger partial charge < -0.3 is 9.30 Å². The second-order valence-corrected chi connectivity index (χ2v) is 6.16. The van der Waals surface area contributed by atoms with Crippen LogP contribution in [0.4, 0.5) is 0 Å². The van der Waals surface area contributed by atoms with Crippen molar-refractivity contribution in [3.63, 3.8) is 0 Å². The second kappa shape index (κ2) is 6.13. The molecular weight excluding hydrogens is 302 g/mol. The highest BCUT2D eigenvalue weighted by Crippen LogP contribution is 2.31. The highest BCUT2D eigenvalue weighted by Gasteiger charge is 2.21. The molecule has 1 aliphatic rings. The average Bonchev–Trinajstić information content (AvgIpc) is 2.55. The van der Waals surface area contributed by atoms with Crippen LogP contribution in [-0.4, -0.2) is 17.6 Å². The number of esters is 1. The summed E-state index contributed by atoms with van der Waals surface area (Å²) in [5.41, 5.74) is 0.575. The molecule has 1 aromatic heterocycles.